The second-order valence-electron chi connectivity index (χ2n) is 4.76. The average Bonchev–Trinajstić information content (AvgIpc) is 2.96. The van der Waals surface area contributed by atoms with Crippen molar-refractivity contribution in [1.29, 1.82) is 15.8 Å². The van der Waals surface area contributed by atoms with Gasteiger partial charge in [-0.15, -0.1) is 0 Å². The lowest BCUT2D eigenvalue weighted by Crippen LogP contribution is -2.24. The first kappa shape index (κ1) is 16.0. The Bertz CT molecular complexity index is 790. The highest BCUT2D eigenvalue weighted by Crippen LogP contribution is 2.13. The van der Waals surface area contributed by atoms with Gasteiger partial charge in [0.2, 0.25) is 0 Å². The molecule has 0 fully saturated rings. The number of hydrogen-bond acceptors (Lipinski definition) is 6. The number of nitriles is 3. The van der Waals surface area contributed by atoms with E-state index in [0.717, 1.165) is 5.56 Å². The van der Waals surface area contributed by atoms with Crippen LogP contribution in [-0.4, -0.2) is 27.4 Å². The third-order valence-corrected chi connectivity index (χ3v) is 3.11. The molecule has 2 rings (SSSR count). The van der Waals surface area contributed by atoms with Crippen molar-refractivity contribution >= 4 is 0 Å². The summed E-state index contributed by atoms with van der Waals surface area (Å²) in [6.07, 6.45) is 0.820. The van der Waals surface area contributed by atoms with Crippen molar-refractivity contribution in [2.45, 2.75) is 19.1 Å². The lowest BCUT2D eigenvalue weighted by Gasteiger charge is -2.13. The maximum absolute atomic E-state index is 10.00. The second-order valence-corrected chi connectivity index (χ2v) is 4.76. The molecule has 0 saturated heterocycles. The van der Waals surface area contributed by atoms with Crippen LogP contribution in [-0.2, 0) is 13.0 Å². The van der Waals surface area contributed by atoms with Crippen LogP contribution in [0.1, 0.15) is 17.0 Å². The van der Waals surface area contributed by atoms with Crippen molar-refractivity contribution in [2.75, 3.05) is 6.61 Å². The van der Waals surface area contributed by atoms with E-state index in [-0.39, 0.29) is 24.5 Å². The number of imidazole rings is 1. The highest BCUT2D eigenvalue weighted by molar-refractivity contribution is 5.36. The first-order valence-corrected chi connectivity index (χ1v) is 6.80. The summed E-state index contributed by atoms with van der Waals surface area (Å²) in [5.74, 6) is 0.578. The molecule has 0 aliphatic carbocycles. The molecule has 0 radical (unpaired) electrons. The lowest BCUT2D eigenvalue weighted by molar-refractivity contribution is 0.0922. The van der Waals surface area contributed by atoms with E-state index in [1.807, 2.05) is 12.1 Å². The zero-order valence-corrected chi connectivity index (χ0v) is 12.2. The summed E-state index contributed by atoms with van der Waals surface area (Å²) in [5, 5.41) is 36.4. The maximum Gasteiger partial charge on any atom is 0.176 e. The quantitative estimate of drug-likeness (QED) is 0.854. The minimum atomic E-state index is -0.860. The normalized spacial score (nSPS) is 11.0. The van der Waals surface area contributed by atoms with Gasteiger partial charge in [-0.25, -0.2) is 4.98 Å². The number of ether oxygens (including phenoxy) is 1. The molecule has 7 nitrogen and oxygen atoms in total. The van der Waals surface area contributed by atoms with Crippen molar-refractivity contribution in [2.24, 2.45) is 0 Å². The largest absolute Gasteiger partial charge is 0.491 e. The van der Waals surface area contributed by atoms with Crippen LogP contribution in [0.2, 0.25) is 0 Å². The van der Waals surface area contributed by atoms with Crippen LogP contribution in [0, 0.1) is 34.0 Å². The Morgan fingerprint density at radius 3 is 2.52 bits per heavy atom. The van der Waals surface area contributed by atoms with Crippen LogP contribution >= 0.6 is 0 Å². The first-order valence-electron chi connectivity index (χ1n) is 6.80. The summed E-state index contributed by atoms with van der Waals surface area (Å²) >= 11 is 0. The molecule has 0 aliphatic heterocycles. The van der Waals surface area contributed by atoms with Gasteiger partial charge in [-0.2, -0.15) is 15.8 Å². The van der Waals surface area contributed by atoms with Crippen LogP contribution in [0.4, 0.5) is 0 Å². The molecule has 7 heteroatoms. The molecule has 1 atom stereocenters. The van der Waals surface area contributed by atoms with E-state index in [1.54, 1.807) is 24.3 Å². The number of aliphatic hydroxyl groups excluding tert-OH is 1. The monoisotopic (exact) mass is 307 g/mol. The molecule has 0 aliphatic rings. The summed E-state index contributed by atoms with van der Waals surface area (Å²) in [5.41, 5.74) is 1.04. The highest BCUT2D eigenvalue weighted by Gasteiger charge is 2.14. The SMILES string of the molecule is N#CCc1ccc(OCC(O)Cn2cnc(C#N)c2C#N)cc1. The molecule has 1 N–H and O–H groups in total. The molecule has 1 aromatic heterocycles. The van der Waals surface area contributed by atoms with E-state index in [0.29, 0.717) is 12.2 Å². The van der Waals surface area contributed by atoms with E-state index >= 15 is 0 Å². The van der Waals surface area contributed by atoms with Crippen molar-refractivity contribution in [3.05, 3.63) is 47.5 Å². The summed E-state index contributed by atoms with van der Waals surface area (Å²) in [4.78, 5) is 3.81. The van der Waals surface area contributed by atoms with E-state index in [2.05, 4.69) is 11.1 Å². The van der Waals surface area contributed by atoms with Crippen molar-refractivity contribution in [3.63, 3.8) is 0 Å². The molecular formula is C16H13N5O2. The first-order chi connectivity index (χ1) is 11.2. The van der Waals surface area contributed by atoms with Gasteiger partial charge in [-0.1, -0.05) is 12.1 Å². The van der Waals surface area contributed by atoms with E-state index < -0.39 is 6.10 Å². The fourth-order valence-electron chi connectivity index (χ4n) is 1.99. The van der Waals surface area contributed by atoms with Crippen molar-refractivity contribution in [3.8, 4) is 24.0 Å². The highest BCUT2D eigenvalue weighted by atomic mass is 16.5. The van der Waals surface area contributed by atoms with Crippen LogP contribution in [0.5, 0.6) is 5.75 Å². The number of aliphatic hydroxyl groups is 1. The Morgan fingerprint density at radius 2 is 1.91 bits per heavy atom. The molecule has 114 valence electrons. The fourth-order valence-corrected chi connectivity index (χ4v) is 1.99. The Labute approximate surface area is 133 Å². The van der Waals surface area contributed by atoms with Gasteiger partial charge >= 0.3 is 0 Å². The van der Waals surface area contributed by atoms with E-state index in [4.69, 9.17) is 20.5 Å². The summed E-state index contributed by atoms with van der Waals surface area (Å²) in [7, 11) is 0. The van der Waals surface area contributed by atoms with Crippen molar-refractivity contribution in [1.82, 2.24) is 9.55 Å². The minimum absolute atomic E-state index is 0.0303. The number of aromatic nitrogens is 2. The van der Waals surface area contributed by atoms with E-state index in [9.17, 15) is 5.11 Å². The van der Waals surface area contributed by atoms with Gasteiger partial charge in [0.05, 0.1) is 25.4 Å². The maximum atomic E-state index is 10.00. The van der Waals surface area contributed by atoms with Crippen molar-refractivity contribution < 1.29 is 9.84 Å². The van der Waals surface area contributed by atoms with Crippen LogP contribution in [0.3, 0.4) is 0 Å². The predicted molar refractivity (Wildman–Crippen MR) is 78.9 cm³/mol. The molecule has 23 heavy (non-hydrogen) atoms. The van der Waals surface area contributed by atoms with Crippen LogP contribution in [0.15, 0.2) is 30.6 Å². The number of hydrogen-bond donors (Lipinski definition) is 1. The molecule has 1 aromatic carbocycles. The van der Waals surface area contributed by atoms with Gasteiger partial charge in [-0.3, -0.25) is 0 Å². The Kier molecular flexibility index (Phi) is 5.30. The van der Waals surface area contributed by atoms with Gasteiger partial charge in [0.25, 0.3) is 0 Å². The Balaban J connectivity index is 1.92. The number of nitrogens with zero attached hydrogens (tertiary/aromatic N) is 5. The number of benzene rings is 1. The predicted octanol–water partition coefficient (Wildman–Crippen LogP) is 1.13. The zero-order valence-electron chi connectivity index (χ0n) is 12.2. The molecule has 0 saturated carbocycles. The minimum Gasteiger partial charge on any atom is -0.491 e. The van der Waals surface area contributed by atoms with Crippen LogP contribution < -0.4 is 4.74 Å². The molecule has 1 unspecified atom stereocenters. The Morgan fingerprint density at radius 1 is 1.17 bits per heavy atom. The summed E-state index contributed by atoms with van der Waals surface area (Å²) in [6.45, 7) is 0.132. The number of rotatable bonds is 6. The molecule has 0 spiro atoms. The topological polar surface area (TPSA) is 119 Å². The lowest BCUT2D eigenvalue weighted by atomic mass is 10.2. The third-order valence-electron chi connectivity index (χ3n) is 3.11. The van der Waals surface area contributed by atoms with Gasteiger partial charge in [0.1, 0.15) is 30.6 Å². The zero-order chi connectivity index (χ0) is 16.7. The Hall–Kier alpha value is -3.34. The summed E-state index contributed by atoms with van der Waals surface area (Å²) < 4.78 is 6.88. The molecule has 2 aromatic rings. The third kappa shape index (κ3) is 4.07. The summed E-state index contributed by atoms with van der Waals surface area (Å²) in [6, 6.07) is 12.8. The van der Waals surface area contributed by atoms with Gasteiger partial charge in [-0.05, 0) is 17.7 Å². The molecule has 1 heterocycles. The molecule has 0 bridgehead atoms. The van der Waals surface area contributed by atoms with Gasteiger partial charge in [0.15, 0.2) is 11.4 Å². The smallest absolute Gasteiger partial charge is 0.176 e. The van der Waals surface area contributed by atoms with Gasteiger partial charge < -0.3 is 14.4 Å². The van der Waals surface area contributed by atoms with Crippen LogP contribution in [0.25, 0.3) is 0 Å². The fraction of sp³-hybridized carbons (Fsp3) is 0.250. The van der Waals surface area contributed by atoms with E-state index in [1.165, 1.54) is 10.9 Å². The van der Waals surface area contributed by atoms with Gasteiger partial charge in [0, 0.05) is 0 Å². The second kappa shape index (κ2) is 7.61. The standard InChI is InChI=1S/C16H13N5O2/c17-6-5-12-1-3-14(4-2-12)23-10-13(22)9-21-11-20-15(7-18)16(21)8-19/h1-4,11,13,22H,5,9-10H2. The molecular weight excluding hydrogens is 294 g/mol. The molecule has 0 amide bonds. The average molecular weight is 307 g/mol.